The number of allylic oxidation sites excluding steroid dienone is 10. The van der Waals surface area contributed by atoms with Crippen molar-refractivity contribution in [3.63, 3.8) is 0 Å². The van der Waals surface area contributed by atoms with E-state index < -0.39 is 6.10 Å². The second-order valence-electron chi connectivity index (χ2n) is 14.7. The molecule has 54 heavy (non-hydrogen) atoms. The summed E-state index contributed by atoms with van der Waals surface area (Å²) in [5.41, 5.74) is 0. The van der Waals surface area contributed by atoms with E-state index in [1.807, 2.05) is 36.5 Å². The lowest BCUT2D eigenvalue weighted by Crippen LogP contribution is -2.30. The Morgan fingerprint density at radius 2 is 0.759 bits per heavy atom. The Labute approximate surface area is 332 Å². The van der Waals surface area contributed by atoms with Gasteiger partial charge in [0.05, 0.1) is 0 Å². The maximum atomic E-state index is 12.7. The van der Waals surface area contributed by atoms with E-state index in [0.717, 1.165) is 89.9 Å². The van der Waals surface area contributed by atoms with Gasteiger partial charge >= 0.3 is 17.9 Å². The minimum absolute atomic E-state index is 0.0922. The minimum atomic E-state index is -0.789. The lowest BCUT2D eigenvalue weighted by molar-refractivity contribution is -0.167. The van der Waals surface area contributed by atoms with Crippen molar-refractivity contribution in [1.82, 2.24) is 0 Å². The molecule has 0 amide bonds. The van der Waals surface area contributed by atoms with Gasteiger partial charge in [0.15, 0.2) is 6.10 Å². The van der Waals surface area contributed by atoms with Gasteiger partial charge in [-0.2, -0.15) is 0 Å². The molecule has 0 aromatic carbocycles. The standard InChI is InChI=1S/C48H82O6/c1-4-7-10-13-16-19-22-24-26-29-32-35-38-41-47(50)53-44-45(43-52-46(49)40-37-34-31-28-21-18-15-12-9-6-3)54-48(51)42-39-36-33-30-27-25-23-20-17-14-11-8-5-2/h7,10,13,15-16,18-19,22,24,26,45H,4-6,8-9,11-12,14,17,20-21,23,25,27-44H2,1-3H3/b10-7-,16-13-,18-15-,22-19-,26-24-. The lowest BCUT2D eigenvalue weighted by Gasteiger charge is -2.18. The first-order chi connectivity index (χ1) is 26.5. The van der Waals surface area contributed by atoms with E-state index >= 15 is 0 Å². The van der Waals surface area contributed by atoms with Crippen LogP contribution in [0.5, 0.6) is 0 Å². The van der Waals surface area contributed by atoms with Crippen molar-refractivity contribution in [2.24, 2.45) is 0 Å². The summed E-state index contributed by atoms with van der Waals surface area (Å²) >= 11 is 0. The van der Waals surface area contributed by atoms with Gasteiger partial charge in [-0.3, -0.25) is 14.4 Å². The van der Waals surface area contributed by atoms with E-state index in [-0.39, 0.29) is 31.1 Å². The third kappa shape index (κ3) is 40.3. The van der Waals surface area contributed by atoms with Crippen LogP contribution in [0.1, 0.15) is 207 Å². The third-order valence-electron chi connectivity index (χ3n) is 9.35. The predicted molar refractivity (Wildman–Crippen MR) is 228 cm³/mol. The molecule has 0 aromatic rings. The molecule has 1 atom stereocenters. The predicted octanol–water partition coefficient (Wildman–Crippen LogP) is 14.1. The number of hydrogen-bond acceptors (Lipinski definition) is 6. The molecule has 0 bridgehead atoms. The van der Waals surface area contributed by atoms with Gasteiger partial charge in [-0.15, -0.1) is 0 Å². The van der Waals surface area contributed by atoms with Crippen molar-refractivity contribution >= 4 is 17.9 Å². The molecule has 0 aliphatic carbocycles. The molecule has 1 unspecified atom stereocenters. The monoisotopic (exact) mass is 755 g/mol. The van der Waals surface area contributed by atoms with Crippen molar-refractivity contribution in [2.45, 2.75) is 213 Å². The summed E-state index contributed by atoms with van der Waals surface area (Å²) in [6, 6.07) is 0. The number of rotatable bonds is 39. The zero-order valence-corrected chi connectivity index (χ0v) is 35.2. The molecule has 0 saturated carbocycles. The fourth-order valence-electron chi connectivity index (χ4n) is 5.96. The fourth-order valence-corrected chi connectivity index (χ4v) is 5.96. The average molecular weight is 755 g/mol. The molecular formula is C48H82O6. The van der Waals surface area contributed by atoms with Crippen molar-refractivity contribution in [3.8, 4) is 0 Å². The normalized spacial score (nSPS) is 12.6. The molecule has 0 N–H and O–H groups in total. The van der Waals surface area contributed by atoms with Gasteiger partial charge in [0.2, 0.25) is 0 Å². The van der Waals surface area contributed by atoms with Crippen molar-refractivity contribution in [2.75, 3.05) is 13.2 Å². The van der Waals surface area contributed by atoms with E-state index in [1.165, 1.54) is 77.0 Å². The van der Waals surface area contributed by atoms with Crippen LogP contribution in [0.3, 0.4) is 0 Å². The Morgan fingerprint density at radius 3 is 1.26 bits per heavy atom. The summed E-state index contributed by atoms with van der Waals surface area (Å²) in [6.07, 6.45) is 50.6. The van der Waals surface area contributed by atoms with E-state index in [9.17, 15) is 14.4 Å². The van der Waals surface area contributed by atoms with Crippen LogP contribution in [-0.4, -0.2) is 37.2 Å². The molecule has 0 saturated heterocycles. The molecule has 6 heteroatoms. The quantitative estimate of drug-likeness (QED) is 0.0204. The molecule has 0 aliphatic heterocycles. The summed E-state index contributed by atoms with van der Waals surface area (Å²) in [5, 5.41) is 0. The SMILES string of the molecule is CC\C=C/C=C\C=C/C=C\CCCCCC(=O)OCC(COC(=O)CCCCCC/C=C\CCCC)OC(=O)CCCCCCCCCCCCCCC. The Bertz CT molecular complexity index is 1010. The second-order valence-corrected chi connectivity index (χ2v) is 14.7. The highest BCUT2D eigenvalue weighted by atomic mass is 16.6. The molecular weight excluding hydrogens is 673 g/mol. The molecule has 310 valence electrons. The molecule has 0 spiro atoms. The van der Waals surface area contributed by atoms with Gasteiger partial charge in [0.1, 0.15) is 13.2 Å². The average Bonchev–Trinajstić information content (AvgIpc) is 3.17. The van der Waals surface area contributed by atoms with Crippen LogP contribution in [-0.2, 0) is 28.6 Å². The summed E-state index contributed by atoms with van der Waals surface area (Å²) in [7, 11) is 0. The zero-order chi connectivity index (χ0) is 39.4. The van der Waals surface area contributed by atoms with Gasteiger partial charge in [0.25, 0.3) is 0 Å². The Hall–Kier alpha value is -2.89. The summed E-state index contributed by atoms with van der Waals surface area (Å²) in [5.74, 6) is -0.948. The maximum absolute atomic E-state index is 12.7. The summed E-state index contributed by atoms with van der Waals surface area (Å²) < 4.78 is 16.6. The van der Waals surface area contributed by atoms with Crippen molar-refractivity contribution < 1.29 is 28.6 Å². The highest BCUT2D eigenvalue weighted by Crippen LogP contribution is 2.14. The number of carbonyl (C=O) groups is 3. The van der Waals surface area contributed by atoms with Crippen LogP contribution in [0.15, 0.2) is 60.8 Å². The lowest BCUT2D eigenvalue weighted by atomic mass is 10.0. The summed E-state index contributed by atoms with van der Waals surface area (Å²) in [6.45, 7) is 6.39. The minimum Gasteiger partial charge on any atom is -0.462 e. The molecule has 0 aromatic heterocycles. The smallest absolute Gasteiger partial charge is 0.306 e. The van der Waals surface area contributed by atoms with E-state index in [2.05, 4.69) is 45.1 Å². The highest BCUT2D eigenvalue weighted by Gasteiger charge is 2.19. The first-order valence-corrected chi connectivity index (χ1v) is 22.3. The van der Waals surface area contributed by atoms with Crippen molar-refractivity contribution in [1.29, 1.82) is 0 Å². The fraction of sp³-hybridized carbons (Fsp3) is 0.729. The van der Waals surface area contributed by atoms with Crippen LogP contribution in [0.25, 0.3) is 0 Å². The molecule has 0 fully saturated rings. The Kier molecular flexibility index (Phi) is 40.6. The first-order valence-electron chi connectivity index (χ1n) is 22.3. The summed E-state index contributed by atoms with van der Waals surface area (Å²) in [4.78, 5) is 37.7. The largest absolute Gasteiger partial charge is 0.462 e. The van der Waals surface area contributed by atoms with E-state index in [0.29, 0.717) is 19.3 Å². The molecule has 0 rings (SSSR count). The number of unbranched alkanes of at least 4 members (excludes halogenated alkanes) is 21. The number of esters is 3. The number of hydrogen-bond donors (Lipinski definition) is 0. The molecule has 0 heterocycles. The number of carbonyl (C=O) groups excluding carboxylic acids is 3. The van der Waals surface area contributed by atoms with Gasteiger partial charge in [0, 0.05) is 19.3 Å². The van der Waals surface area contributed by atoms with Crippen molar-refractivity contribution in [3.05, 3.63) is 60.8 Å². The van der Waals surface area contributed by atoms with Gasteiger partial charge in [-0.05, 0) is 57.8 Å². The Balaban J connectivity index is 4.45. The van der Waals surface area contributed by atoms with Crippen LogP contribution >= 0.6 is 0 Å². The molecule has 0 aliphatic rings. The highest BCUT2D eigenvalue weighted by molar-refractivity contribution is 5.71. The van der Waals surface area contributed by atoms with Crippen LogP contribution in [0.2, 0.25) is 0 Å². The second kappa shape index (κ2) is 42.8. The topological polar surface area (TPSA) is 78.9 Å². The van der Waals surface area contributed by atoms with E-state index in [1.54, 1.807) is 0 Å². The van der Waals surface area contributed by atoms with Gasteiger partial charge in [-0.1, -0.05) is 191 Å². The number of ether oxygens (including phenoxy) is 3. The van der Waals surface area contributed by atoms with Gasteiger partial charge in [-0.25, -0.2) is 0 Å². The molecule has 0 radical (unpaired) electrons. The maximum Gasteiger partial charge on any atom is 0.306 e. The Morgan fingerprint density at radius 1 is 0.389 bits per heavy atom. The first kappa shape index (κ1) is 51.1. The van der Waals surface area contributed by atoms with Crippen LogP contribution in [0.4, 0.5) is 0 Å². The van der Waals surface area contributed by atoms with Gasteiger partial charge < -0.3 is 14.2 Å². The third-order valence-corrected chi connectivity index (χ3v) is 9.35. The molecule has 6 nitrogen and oxygen atoms in total. The zero-order valence-electron chi connectivity index (χ0n) is 35.2. The van der Waals surface area contributed by atoms with Crippen LogP contribution in [0, 0.1) is 0 Å². The van der Waals surface area contributed by atoms with E-state index in [4.69, 9.17) is 14.2 Å². The van der Waals surface area contributed by atoms with Crippen LogP contribution < -0.4 is 0 Å².